The molecule has 0 bridgehead atoms. The molecule has 0 spiro atoms. The Kier molecular flexibility index (Phi) is 1.63. The Labute approximate surface area is 51.3 Å². The molecule has 1 nitrogen and oxygen atoms in total. The molecule has 0 aliphatic carbocycles. The molecule has 0 fully saturated rings. The molecule has 0 unspecified atom stereocenters. The smallest absolute Gasteiger partial charge is 0.0815 e. The Morgan fingerprint density at radius 3 is 2.71 bits per heavy atom. The standard InChI is InChI=1S/C5H6BrN/c6-5-3-1-2-4-7-5/h1-2H,3-4H2. The largest absolute Gasteiger partial charge is 0.278 e. The molecular weight excluding hydrogens is 154 g/mol. The van der Waals surface area contributed by atoms with Crippen molar-refractivity contribution in [2.24, 2.45) is 4.99 Å². The van der Waals surface area contributed by atoms with Crippen molar-refractivity contribution in [3.63, 3.8) is 0 Å². The van der Waals surface area contributed by atoms with Gasteiger partial charge in [0.25, 0.3) is 0 Å². The molecule has 0 radical (unpaired) electrons. The number of hydrogen-bond donors (Lipinski definition) is 0. The summed E-state index contributed by atoms with van der Waals surface area (Å²) in [5.74, 6) is 0. The molecule has 0 saturated carbocycles. The fourth-order valence-electron chi connectivity index (χ4n) is 0.471. The first-order valence-corrected chi connectivity index (χ1v) is 3.03. The highest BCUT2D eigenvalue weighted by Gasteiger charge is 1.90. The Balaban J connectivity index is 2.50. The average molecular weight is 160 g/mol. The van der Waals surface area contributed by atoms with Crippen LogP contribution in [0, 0.1) is 0 Å². The van der Waals surface area contributed by atoms with Gasteiger partial charge in [0.15, 0.2) is 0 Å². The zero-order valence-electron chi connectivity index (χ0n) is 3.89. The number of dihydropyridines is 1. The molecule has 0 amide bonds. The van der Waals surface area contributed by atoms with Crippen molar-refractivity contribution in [2.45, 2.75) is 6.42 Å². The molecule has 38 valence electrons. The number of aliphatic imine (C=N–C) groups is 1. The molecule has 0 aromatic rings. The predicted molar refractivity (Wildman–Crippen MR) is 35.0 cm³/mol. The third kappa shape index (κ3) is 1.43. The van der Waals surface area contributed by atoms with E-state index >= 15 is 0 Å². The second-order valence-corrected chi connectivity index (χ2v) is 2.31. The van der Waals surface area contributed by atoms with Crippen molar-refractivity contribution >= 4 is 20.6 Å². The maximum absolute atomic E-state index is 4.08. The van der Waals surface area contributed by atoms with Crippen LogP contribution in [0.2, 0.25) is 0 Å². The van der Waals surface area contributed by atoms with Gasteiger partial charge in [0.1, 0.15) is 0 Å². The Hall–Kier alpha value is -0.110. The first kappa shape index (κ1) is 5.04. The van der Waals surface area contributed by atoms with Crippen LogP contribution in [0.25, 0.3) is 0 Å². The topological polar surface area (TPSA) is 12.4 Å². The van der Waals surface area contributed by atoms with E-state index in [0.29, 0.717) is 0 Å². The van der Waals surface area contributed by atoms with Crippen molar-refractivity contribution in [1.82, 2.24) is 0 Å². The molecule has 7 heavy (non-hydrogen) atoms. The molecule has 1 aliphatic rings. The molecule has 0 saturated heterocycles. The maximum atomic E-state index is 4.08. The molecule has 1 heterocycles. The van der Waals surface area contributed by atoms with Crippen LogP contribution in [0.3, 0.4) is 0 Å². The van der Waals surface area contributed by atoms with Crippen LogP contribution in [0.5, 0.6) is 0 Å². The molecule has 0 N–H and O–H groups in total. The summed E-state index contributed by atoms with van der Waals surface area (Å²) in [6.45, 7) is 0.848. The Morgan fingerprint density at radius 1 is 1.57 bits per heavy atom. The summed E-state index contributed by atoms with van der Waals surface area (Å²) < 4.78 is 1.06. The lowest BCUT2D eigenvalue weighted by Gasteiger charge is -1.95. The van der Waals surface area contributed by atoms with Gasteiger partial charge in [-0.25, -0.2) is 0 Å². The number of nitrogens with zero attached hydrogens (tertiary/aromatic N) is 1. The summed E-state index contributed by atoms with van der Waals surface area (Å²) >= 11 is 3.29. The number of allylic oxidation sites excluding steroid dienone is 1. The molecule has 2 heteroatoms. The number of hydrogen-bond acceptors (Lipinski definition) is 1. The number of halogens is 1. The zero-order chi connectivity index (χ0) is 5.11. The van der Waals surface area contributed by atoms with Crippen LogP contribution in [0.1, 0.15) is 6.42 Å². The van der Waals surface area contributed by atoms with E-state index in [1.54, 1.807) is 0 Å². The van der Waals surface area contributed by atoms with Crippen LogP contribution in [-0.4, -0.2) is 11.2 Å². The van der Waals surface area contributed by atoms with Gasteiger partial charge >= 0.3 is 0 Å². The fraction of sp³-hybridized carbons (Fsp3) is 0.400. The zero-order valence-corrected chi connectivity index (χ0v) is 5.48. The van der Waals surface area contributed by atoms with Crippen LogP contribution in [0.4, 0.5) is 0 Å². The lowest BCUT2D eigenvalue weighted by atomic mass is 10.3. The van der Waals surface area contributed by atoms with E-state index in [2.05, 4.69) is 33.1 Å². The van der Waals surface area contributed by atoms with Gasteiger partial charge in [0, 0.05) is 6.42 Å². The molecular formula is C5H6BrN. The Morgan fingerprint density at radius 2 is 2.43 bits per heavy atom. The van der Waals surface area contributed by atoms with Crippen molar-refractivity contribution in [2.75, 3.05) is 6.54 Å². The molecule has 0 aromatic carbocycles. The van der Waals surface area contributed by atoms with E-state index in [-0.39, 0.29) is 0 Å². The van der Waals surface area contributed by atoms with Gasteiger partial charge in [-0.2, -0.15) is 0 Å². The van der Waals surface area contributed by atoms with Crippen molar-refractivity contribution < 1.29 is 0 Å². The lowest BCUT2D eigenvalue weighted by molar-refractivity contribution is 1.19. The summed E-state index contributed by atoms with van der Waals surface area (Å²) in [5.41, 5.74) is 0. The monoisotopic (exact) mass is 159 g/mol. The Bertz CT molecular complexity index is 115. The van der Waals surface area contributed by atoms with Gasteiger partial charge in [-0.3, -0.25) is 4.99 Å². The van der Waals surface area contributed by atoms with Crippen molar-refractivity contribution in [3.05, 3.63) is 12.2 Å². The SMILES string of the molecule is BrC1=NCC=CC1. The lowest BCUT2D eigenvalue weighted by Crippen LogP contribution is -1.90. The second-order valence-electron chi connectivity index (χ2n) is 1.39. The van der Waals surface area contributed by atoms with Gasteiger partial charge in [-0.05, 0) is 15.9 Å². The number of rotatable bonds is 0. The van der Waals surface area contributed by atoms with Gasteiger partial charge in [-0.1, -0.05) is 12.2 Å². The maximum Gasteiger partial charge on any atom is 0.0815 e. The second kappa shape index (κ2) is 2.26. The third-order valence-electron chi connectivity index (χ3n) is 0.821. The van der Waals surface area contributed by atoms with E-state index in [1.807, 2.05) is 0 Å². The summed E-state index contributed by atoms with van der Waals surface area (Å²) in [4.78, 5) is 4.08. The molecule has 0 aromatic heterocycles. The van der Waals surface area contributed by atoms with E-state index < -0.39 is 0 Å². The van der Waals surface area contributed by atoms with Gasteiger partial charge in [-0.15, -0.1) is 0 Å². The van der Waals surface area contributed by atoms with Crippen LogP contribution >= 0.6 is 15.9 Å². The minimum Gasteiger partial charge on any atom is -0.278 e. The first-order valence-electron chi connectivity index (χ1n) is 2.23. The summed E-state index contributed by atoms with van der Waals surface area (Å²) in [6.07, 6.45) is 5.14. The van der Waals surface area contributed by atoms with E-state index in [1.165, 1.54) is 0 Å². The fourth-order valence-corrected chi connectivity index (χ4v) is 0.803. The highest BCUT2D eigenvalue weighted by molar-refractivity contribution is 9.18. The normalized spacial score (nSPS) is 19.3. The highest BCUT2D eigenvalue weighted by Crippen LogP contribution is 2.01. The summed E-state index contributed by atoms with van der Waals surface area (Å²) in [5, 5.41) is 0. The van der Waals surface area contributed by atoms with Gasteiger partial charge in [0.05, 0.1) is 11.2 Å². The average Bonchev–Trinajstić information content (AvgIpc) is 1.69. The quantitative estimate of drug-likeness (QED) is 0.478. The molecule has 1 aliphatic heterocycles. The minimum absolute atomic E-state index is 0.848. The summed E-state index contributed by atoms with van der Waals surface area (Å²) in [7, 11) is 0. The van der Waals surface area contributed by atoms with Crippen molar-refractivity contribution in [3.8, 4) is 0 Å². The molecule has 1 rings (SSSR count). The minimum atomic E-state index is 0.848. The van der Waals surface area contributed by atoms with Crippen LogP contribution in [-0.2, 0) is 0 Å². The first-order chi connectivity index (χ1) is 3.39. The van der Waals surface area contributed by atoms with E-state index in [9.17, 15) is 0 Å². The van der Waals surface area contributed by atoms with Gasteiger partial charge < -0.3 is 0 Å². The molecule has 0 atom stereocenters. The van der Waals surface area contributed by atoms with E-state index in [4.69, 9.17) is 0 Å². The van der Waals surface area contributed by atoms with Gasteiger partial charge in [0.2, 0.25) is 0 Å². The third-order valence-corrected chi connectivity index (χ3v) is 1.40. The summed E-state index contributed by atoms with van der Waals surface area (Å²) in [6, 6.07) is 0. The van der Waals surface area contributed by atoms with Crippen molar-refractivity contribution in [1.29, 1.82) is 0 Å². The van der Waals surface area contributed by atoms with E-state index in [0.717, 1.165) is 17.6 Å². The van der Waals surface area contributed by atoms with Crippen LogP contribution in [0.15, 0.2) is 17.1 Å². The predicted octanol–water partition coefficient (Wildman–Crippen LogP) is 1.74. The highest BCUT2D eigenvalue weighted by atomic mass is 79.9. The van der Waals surface area contributed by atoms with Crippen LogP contribution < -0.4 is 0 Å².